The van der Waals surface area contributed by atoms with Crippen LogP contribution in [-0.2, 0) is 11.3 Å². The Kier molecular flexibility index (Phi) is 12.6. The van der Waals surface area contributed by atoms with E-state index in [0.717, 1.165) is 43.2 Å². The number of benzene rings is 2. The normalized spacial score (nSPS) is 14.7. The van der Waals surface area contributed by atoms with Gasteiger partial charge in [0, 0.05) is 32.7 Å². The monoisotopic (exact) mass is 486 g/mol. The highest BCUT2D eigenvalue weighted by Crippen LogP contribution is 2.29. The molecule has 0 radical (unpaired) electrons. The van der Waals surface area contributed by atoms with Gasteiger partial charge in [-0.3, -0.25) is 4.90 Å². The minimum absolute atomic E-state index is 0. The molecule has 3 rings (SSSR count). The van der Waals surface area contributed by atoms with Gasteiger partial charge in [0.1, 0.15) is 5.75 Å². The maximum Gasteiger partial charge on any atom is 0.161 e. The molecule has 0 saturated carbocycles. The van der Waals surface area contributed by atoms with Gasteiger partial charge in [-0.25, -0.2) is 0 Å². The lowest BCUT2D eigenvalue weighted by atomic mass is 10.2. The molecule has 32 heavy (non-hydrogen) atoms. The Bertz CT molecular complexity index is 804. The molecule has 9 heteroatoms. The summed E-state index contributed by atoms with van der Waals surface area (Å²) >= 11 is 0. The highest BCUT2D eigenvalue weighted by atomic mass is 35.5. The zero-order valence-electron chi connectivity index (χ0n) is 18.8. The second-order valence-electron chi connectivity index (χ2n) is 7.32. The van der Waals surface area contributed by atoms with Crippen LogP contribution >= 0.6 is 0 Å². The summed E-state index contributed by atoms with van der Waals surface area (Å²) in [6, 6.07) is 13.8. The molecule has 1 fully saturated rings. The van der Waals surface area contributed by atoms with Gasteiger partial charge in [-0.1, -0.05) is 18.2 Å². The molecule has 1 atom stereocenters. The van der Waals surface area contributed by atoms with Gasteiger partial charge in [0.2, 0.25) is 0 Å². The number of piperazine rings is 1. The lowest BCUT2D eigenvalue weighted by Crippen LogP contribution is -3.00. The van der Waals surface area contributed by atoms with Gasteiger partial charge in [-0.15, -0.1) is 0 Å². The molecule has 180 valence electrons. The number of aliphatic hydroxyl groups excluding tert-OH is 1. The first kappa shape index (κ1) is 28.1. The van der Waals surface area contributed by atoms with Crippen molar-refractivity contribution in [2.75, 3.05) is 65.6 Å². The van der Waals surface area contributed by atoms with Crippen LogP contribution in [0.4, 0.5) is 5.69 Å². The molecule has 2 aromatic rings. The average molecular weight is 487 g/mol. The van der Waals surface area contributed by atoms with Crippen molar-refractivity contribution in [2.24, 2.45) is 0 Å². The second-order valence-corrected chi connectivity index (χ2v) is 7.32. The van der Waals surface area contributed by atoms with Crippen LogP contribution in [0.1, 0.15) is 5.56 Å². The summed E-state index contributed by atoms with van der Waals surface area (Å²) in [4.78, 5) is 4.60. The Morgan fingerprint density at radius 2 is 1.50 bits per heavy atom. The van der Waals surface area contributed by atoms with Gasteiger partial charge in [0.15, 0.2) is 11.5 Å². The van der Waals surface area contributed by atoms with Crippen molar-refractivity contribution >= 4 is 5.69 Å². The maximum atomic E-state index is 10.4. The fourth-order valence-corrected chi connectivity index (χ4v) is 3.70. The largest absolute Gasteiger partial charge is 1.00 e. The van der Waals surface area contributed by atoms with Crippen LogP contribution < -0.4 is 43.9 Å². The minimum atomic E-state index is -0.525. The van der Waals surface area contributed by atoms with Crippen LogP contribution in [0.2, 0.25) is 0 Å². The van der Waals surface area contributed by atoms with Crippen LogP contribution in [0, 0.1) is 0 Å². The molecule has 1 N–H and O–H groups in total. The number of rotatable bonds is 10. The van der Waals surface area contributed by atoms with E-state index in [-0.39, 0.29) is 24.8 Å². The van der Waals surface area contributed by atoms with E-state index >= 15 is 0 Å². The molecule has 0 bridgehead atoms. The molecule has 1 aliphatic heterocycles. The summed E-state index contributed by atoms with van der Waals surface area (Å²) in [5.74, 6) is 2.26. The van der Waals surface area contributed by atoms with E-state index in [4.69, 9.17) is 18.9 Å². The molecule has 0 aromatic heterocycles. The fourth-order valence-electron chi connectivity index (χ4n) is 3.70. The lowest BCUT2D eigenvalue weighted by molar-refractivity contribution is -0.001000. The zero-order chi connectivity index (χ0) is 21.3. The number of β-amino-alcohol motifs (C(OH)–C–C–N with tert-alkyl or cyclic N) is 1. The van der Waals surface area contributed by atoms with Crippen molar-refractivity contribution in [1.29, 1.82) is 0 Å². The Balaban J connectivity index is 0.00000256. The first-order chi connectivity index (χ1) is 14.6. The third kappa shape index (κ3) is 7.60. The number of nitrogens with zero attached hydrogens (tertiary/aromatic N) is 2. The van der Waals surface area contributed by atoms with E-state index in [1.807, 2.05) is 36.4 Å². The maximum absolute atomic E-state index is 10.4. The van der Waals surface area contributed by atoms with Gasteiger partial charge >= 0.3 is 0 Å². The van der Waals surface area contributed by atoms with E-state index in [1.54, 1.807) is 21.3 Å². The topological polar surface area (TPSA) is 63.6 Å². The van der Waals surface area contributed by atoms with Crippen molar-refractivity contribution in [3.05, 3.63) is 48.0 Å². The molecular weight excluding hydrogens is 455 g/mol. The third-order valence-corrected chi connectivity index (χ3v) is 5.29. The number of para-hydroxylation sites is 2. The Morgan fingerprint density at radius 1 is 0.844 bits per heavy atom. The summed E-state index contributed by atoms with van der Waals surface area (Å²) in [7, 11) is 4.92. The van der Waals surface area contributed by atoms with Crippen LogP contribution in [-0.4, -0.2) is 76.8 Å². The minimum Gasteiger partial charge on any atom is -1.00 e. The van der Waals surface area contributed by atoms with Crippen molar-refractivity contribution in [3.63, 3.8) is 0 Å². The smallest absolute Gasteiger partial charge is 0.161 e. The summed E-state index contributed by atoms with van der Waals surface area (Å²) in [6.45, 7) is 4.90. The van der Waals surface area contributed by atoms with Crippen LogP contribution in [0.25, 0.3) is 0 Å². The Labute approximate surface area is 203 Å². The molecular formula is C23H32Cl2N2O5-2. The van der Waals surface area contributed by atoms with Crippen molar-refractivity contribution in [3.8, 4) is 17.2 Å². The number of hydrogen-bond donors (Lipinski definition) is 1. The first-order valence-corrected chi connectivity index (χ1v) is 10.2. The SMILES string of the molecule is COc1ccc(COCC(O)CN2CCN(c3ccccc3OC)CC2)cc1OC.[Cl-].[Cl-]. The molecule has 1 aliphatic rings. The second kappa shape index (κ2) is 14.3. The van der Waals surface area contributed by atoms with Crippen molar-refractivity contribution in [1.82, 2.24) is 4.90 Å². The summed E-state index contributed by atoms with van der Waals surface area (Å²) in [5, 5.41) is 10.4. The van der Waals surface area contributed by atoms with Crippen LogP contribution in [0.5, 0.6) is 17.2 Å². The molecule has 1 saturated heterocycles. The molecule has 7 nitrogen and oxygen atoms in total. The van der Waals surface area contributed by atoms with Crippen molar-refractivity contribution in [2.45, 2.75) is 12.7 Å². The summed E-state index contributed by atoms with van der Waals surface area (Å²) in [6.07, 6.45) is -0.525. The highest BCUT2D eigenvalue weighted by Gasteiger charge is 2.21. The molecule has 1 unspecified atom stereocenters. The number of ether oxygens (including phenoxy) is 4. The highest BCUT2D eigenvalue weighted by molar-refractivity contribution is 5.58. The lowest BCUT2D eigenvalue weighted by Gasteiger charge is -2.37. The number of halogens is 2. The number of hydrogen-bond acceptors (Lipinski definition) is 7. The van der Waals surface area contributed by atoms with Gasteiger partial charge in [-0.2, -0.15) is 0 Å². The van der Waals surface area contributed by atoms with E-state index in [2.05, 4.69) is 15.9 Å². The van der Waals surface area contributed by atoms with Gasteiger partial charge < -0.3 is 53.8 Å². The Hall–Kier alpha value is -1.90. The van der Waals surface area contributed by atoms with Crippen LogP contribution in [0.15, 0.2) is 42.5 Å². The van der Waals surface area contributed by atoms with Gasteiger partial charge in [-0.05, 0) is 29.8 Å². The Morgan fingerprint density at radius 3 is 2.16 bits per heavy atom. The van der Waals surface area contributed by atoms with E-state index in [0.29, 0.717) is 31.3 Å². The molecule has 0 amide bonds. The quantitative estimate of drug-likeness (QED) is 0.372. The molecule has 2 aromatic carbocycles. The zero-order valence-corrected chi connectivity index (χ0v) is 20.3. The predicted octanol–water partition coefficient (Wildman–Crippen LogP) is -3.58. The fraction of sp³-hybridized carbons (Fsp3) is 0.478. The van der Waals surface area contributed by atoms with Gasteiger partial charge in [0.05, 0.1) is 46.3 Å². The van der Waals surface area contributed by atoms with Crippen molar-refractivity contribution < 1.29 is 48.9 Å². The number of anilines is 1. The average Bonchev–Trinajstić information content (AvgIpc) is 2.79. The standard InChI is InChI=1S/C23H32N2O5.2ClH/c1-27-21-7-5-4-6-20(21)25-12-10-24(11-13-25)15-19(26)17-30-16-18-8-9-22(28-2)23(14-18)29-3;;/h4-9,14,19,26H,10-13,15-17H2,1-3H3;2*1H/p-2. The van der Waals surface area contributed by atoms with E-state index in [9.17, 15) is 5.11 Å². The molecule has 0 aliphatic carbocycles. The number of aliphatic hydroxyl groups is 1. The molecule has 0 spiro atoms. The van der Waals surface area contributed by atoms with E-state index in [1.165, 1.54) is 0 Å². The summed E-state index contributed by atoms with van der Waals surface area (Å²) < 4.78 is 21.7. The predicted molar refractivity (Wildman–Crippen MR) is 117 cm³/mol. The first-order valence-electron chi connectivity index (χ1n) is 10.2. The van der Waals surface area contributed by atoms with Gasteiger partial charge in [0.25, 0.3) is 0 Å². The third-order valence-electron chi connectivity index (χ3n) is 5.29. The van der Waals surface area contributed by atoms with E-state index < -0.39 is 6.10 Å². The number of methoxy groups -OCH3 is 3. The summed E-state index contributed by atoms with van der Waals surface area (Å²) in [5.41, 5.74) is 2.10. The molecule has 1 heterocycles. The van der Waals surface area contributed by atoms with Crippen LogP contribution in [0.3, 0.4) is 0 Å².